The molecule has 100 valence electrons. The van der Waals surface area contributed by atoms with Crippen LogP contribution in [0, 0.1) is 6.92 Å². The minimum Gasteiger partial charge on any atom is -0.493 e. The van der Waals surface area contributed by atoms with E-state index in [1.165, 1.54) is 6.33 Å². The standard InChI is InChI=1S/C13H15N3O3/c1-8-12(14)15-7-16-13(8)19-11-9(17-2)5-4-6-10(11)18-3/h4-7H,1-3H3,(H2,14,15,16). The van der Waals surface area contributed by atoms with Gasteiger partial charge in [-0.1, -0.05) is 6.07 Å². The van der Waals surface area contributed by atoms with Gasteiger partial charge in [0.25, 0.3) is 0 Å². The Morgan fingerprint density at radius 2 is 1.68 bits per heavy atom. The topological polar surface area (TPSA) is 79.5 Å². The molecule has 0 atom stereocenters. The van der Waals surface area contributed by atoms with Gasteiger partial charge in [-0.15, -0.1) is 0 Å². The van der Waals surface area contributed by atoms with Crippen LogP contribution in [0.1, 0.15) is 5.56 Å². The van der Waals surface area contributed by atoms with Gasteiger partial charge in [-0.2, -0.15) is 0 Å². The monoisotopic (exact) mass is 261 g/mol. The Bertz CT molecular complexity index is 565. The molecule has 2 rings (SSSR count). The maximum absolute atomic E-state index is 5.75. The largest absolute Gasteiger partial charge is 0.493 e. The number of nitrogen functional groups attached to an aromatic ring is 1. The van der Waals surface area contributed by atoms with Crippen molar-refractivity contribution in [2.45, 2.75) is 6.92 Å². The van der Waals surface area contributed by atoms with E-state index in [1.54, 1.807) is 33.3 Å². The molecule has 6 nitrogen and oxygen atoms in total. The van der Waals surface area contributed by atoms with Gasteiger partial charge < -0.3 is 19.9 Å². The fraction of sp³-hybridized carbons (Fsp3) is 0.231. The Labute approximate surface area is 111 Å². The number of nitrogens with two attached hydrogens (primary N) is 1. The highest BCUT2D eigenvalue weighted by atomic mass is 16.5. The average Bonchev–Trinajstić information content (AvgIpc) is 2.44. The molecule has 2 N–H and O–H groups in total. The number of nitrogens with zero attached hydrogens (tertiary/aromatic N) is 2. The second-order valence-corrected chi connectivity index (χ2v) is 3.78. The molecular formula is C13H15N3O3. The summed E-state index contributed by atoms with van der Waals surface area (Å²) in [5, 5.41) is 0. The van der Waals surface area contributed by atoms with Gasteiger partial charge in [0, 0.05) is 0 Å². The van der Waals surface area contributed by atoms with E-state index in [0.717, 1.165) is 0 Å². The number of benzene rings is 1. The predicted molar refractivity (Wildman–Crippen MR) is 70.8 cm³/mol. The second kappa shape index (κ2) is 5.43. The lowest BCUT2D eigenvalue weighted by Gasteiger charge is -2.14. The number of hydrogen-bond acceptors (Lipinski definition) is 6. The van der Waals surface area contributed by atoms with Crippen molar-refractivity contribution in [1.29, 1.82) is 0 Å². The van der Waals surface area contributed by atoms with E-state index >= 15 is 0 Å². The lowest BCUT2D eigenvalue weighted by Crippen LogP contribution is -2.01. The lowest BCUT2D eigenvalue weighted by molar-refractivity contribution is 0.341. The van der Waals surface area contributed by atoms with Gasteiger partial charge in [0.05, 0.1) is 19.8 Å². The van der Waals surface area contributed by atoms with E-state index in [1.807, 2.05) is 6.07 Å². The summed E-state index contributed by atoms with van der Waals surface area (Å²) in [5.74, 6) is 2.30. The molecule has 0 saturated carbocycles. The molecule has 0 bridgehead atoms. The first-order chi connectivity index (χ1) is 9.17. The van der Waals surface area contributed by atoms with Crippen LogP contribution in [0.4, 0.5) is 5.82 Å². The van der Waals surface area contributed by atoms with Crippen molar-refractivity contribution < 1.29 is 14.2 Å². The van der Waals surface area contributed by atoms with Crippen LogP contribution in [0.15, 0.2) is 24.5 Å². The summed E-state index contributed by atoms with van der Waals surface area (Å²) in [7, 11) is 3.12. The van der Waals surface area contributed by atoms with Crippen LogP contribution in [0.5, 0.6) is 23.1 Å². The van der Waals surface area contributed by atoms with Crippen LogP contribution in [0.3, 0.4) is 0 Å². The highest BCUT2D eigenvalue weighted by Crippen LogP contribution is 2.40. The van der Waals surface area contributed by atoms with Crippen LogP contribution in [0.25, 0.3) is 0 Å². The van der Waals surface area contributed by atoms with Gasteiger partial charge >= 0.3 is 0 Å². The molecule has 0 spiro atoms. The molecule has 0 aliphatic carbocycles. The summed E-state index contributed by atoms with van der Waals surface area (Å²) in [6.45, 7) is 1.78. The maximum atomic E-state index is 5.75. The first kappa shape index (κ1) is 12.9. The van der Waals surface area contributed by atoms with Gasteiger partial charge in [-0.05, 0) is 19.1 Å². The Hall–Kier alpha value is -2.50. The minimum atomic E-state index is 0.371. The molecule has 1 heterocycles. The zero-order valence-corrected chi connectivity index (χ0v) is 11.0. The van der Waals surface area contributed by atoms with Crippen molar-refractivity contribution >= 4 is 5.82 Å². The molecule has 19 heavy (non-hydrogen) atoms. The summed E-state index contributed by atoms with van der Waals surface area (Å²) in [4.78, 5) is 7.95. The maximum Gasteiger partial charge on any atom is 0.227 e. The molecule has 2 aromatic rings. The highest BCUT2D eigenvalue weighted by Gasteiger charge is 2.15. The number of ether oxygens (including phenoxy) is 3. The van der Waals surface area contributed by atoms with Crippen LogP contribution in [-0.4, -0.2) is 24.2 Å². The fourth-order valence-electron chi connectivity index (χ4n) is 1.56. The normalized spacial score (nSPS) is 10.1. The Morgan fingerprint density at radius 1 is 1.05 bits per heavy atom. The summed E-state index contributed by atoms with van der Waals surface area (Å²) in [5.41, 5.74) is 6.38. The molecule has 0 fully saturated rings. The smallest absolute Gasteiger partial charge is 0.227 e. The molecule has 1 aromatic carbocycles. The summed E-state index contributed by atoms with van der Waals surface area (Å²) >= 11 is 0. The van der Waals surface area contributed by atoms with Crippen molar-refractivity contribution in [3.63, 3.8) is 0 Å². The summed E-state index contributed by atoms with van der Waals surface area (Å²) in [6.07, 6.45) is 1.35. The molecule has 1 aromatic heterocycles. The van der Waals surface area contributed by atoms with Gasteiger partial charge in [-0.25, -0.2) is 9.97 Å². The zero-order chi connectivity index (χ0) is 13.8. The number of rotatable bonds is 4. The van der Waals surface area contributed by atoms with E-state index in [9.17, 15) is 0 Å². The number of aromatic nitrogens is 2. The van der Waals surface area contributed by atoms with Crippen molar-refractivity contribution in [1.82, 2.24) is 9.97 Å². The molecule has 6 heteroatoms. The van der Waals surface area contributed by atoms with E-state index in [2.05, 4.69) is 9.97 Å². The number of methoxy groups -OCH3 is 2. The molecule has 0 aliphatic heterocycles. The van der Waals surface area contributed by atoms with Crippen molar-refractivity contribution in [3.05, 3.63) is 30.1 Å². The Balaban J connectivity index is 2.45. The molecular weight excluding hydrogens is 246 g/mol. The van der Waals surface area contributed by atoms with Crippen molar-refractivity contribution in [2.24, 2.45) is 0 Å². The third-order valence-electron chi connectivity index (χ3n) is 2.66. The van der Waals surface area contributed by atoms with Crippen LogP contribution in [0.2, 0.25) is 0 Å². The molecule has 0 amide bonds. The first-order valence-electron chi connectivity index (χ1n) is 5.63. The molecule has 0 saturated heterocycles. The van der Waals surface area contributed by atoms with Crippen molar-refractivity contribution in [2.75, 3.05) is 20.0 Å². The number of para-hydroxylation sites is 1. The Morgan fingerprint density at radius 3 is 2.26 bits per heavy atom. The molecule has 0 radical (unpaired) electrons. The predicted octanol–water partition coefficient (Wildman–Crippen LogP) is 2.18. The minimum absolute atomic E-state index is 0.371. The summed E-state index contributed by atoms with van der Waals surface area (Å²) < 4.78 is 16.3. The quantitative estimate of drug-likeness (QED) is 0.908. The molecule has 0 aliphatic rings. The third-order valence-corrected chi connectivity index (χ3v) is 2.66. The van der Waals surface area contributed by atoms with Gasteiger partial charge in [0.1, 0.15) is 12.1 Å². The van der Waals surface area contributed by atoms with Crippen LogP contribution in [-0.2, 0) is 0 Å². The van der Waals surface area contributed by atoms with E-state index < -0.39 is 0 Å². The van der Waals surface area contributed by atoms with Gasteiger partial charge in [-0.3, -0.25) is 0 Å². The van der Waals surface area contributed by atoms with E-state index in [0.29, 0.717) is 34.5 Å². The third kappa shape index (κ3) is 2.52. The van der Waals surface area contributed by atoms with Crippen LogP contribution >= 0.6 is 0 Å². The SMILES string of the molecule is COc1cccc(OC)c1Oc1ncnc(N)c1C. The number of anilines is 1. The van der Waals surface area contributed by atoms with Crippen LogP contribution < -0.4 is 19.9 Å². The average molecular weight is 261 g/mol. The number of hydrogen-bond donors (Lipinski definition) is 1. The van der Waals surface area contributed by atoms with E-state index in [-0.39, 0.29) is 0 Å². The zero-order valence-electron chi connectivity index (χ0n) is 11.0. The van der Waals surface area contributed by atoms with E-state index in [4.69, 9.17) is 19.9 Å². The second-order valence-electron chi connectivity index (χ2n) is 3.78. The summed E-state index contributed by atoms with van der Waals surface area (Å²) in [6, 6.07) is 5.36. The van der Waals surface area contributed by atoms with Gasteiger partial charge in [0.2, 0.25) is 11.6 Å². The lowest BCUT2D eigenvalue weighted by atomic mass is 10.3. The highest BCUT2D eigenvalue weighted by molar-refractivity contribution is 5.54. The Kier molecular flexibility index (Phi) is 3.70. The first-order valence-corrected chi connectivity index (χ1v) is 5.63. The molecule has 0 unspecified atom stereocenters. The fourth-order valence-corrected chi connectivity index (χ4v) is 1.56. The van der Waals surface area contributed by atoms with Gasteiger partial charge in [0.15, 0.2) is 11.5 Å². The van der Waals surface area contributed by atoms with Crippen molar-refractivity contribution in [3.8, 4) is 23.1 Å².